The van der Waals surface area contributed by atoms with Crippen molar-refractivity contribution < 1.29 is 32.7 Å². The number of carboxylic acids is 1. The molecule has 1 aliphatic rings. The second-order valence-corrected chi connectivity index (χ2v) is 5.34. The van der Waals surface area contributed by atoms with Gasteiger partial charge in [-0.15, -0.1) is 0 Å². The Hall–Kier alpha value is -1.80. The number of hydrogen-bond donors (Lipinski definition) is 3. The summed E-state index contributed by atoms with van der Waals surface area (Å²) in [6, 6.07) is 0. The summed E-state index contributed by atoms with van der Waals surface area (Å²) in [5.41, 5.74) is -3.35. The number of carbonyl (C=O) groups excluding carboxylic acids is 2. The van der Waals surface area contributed by atoms with Gasteiger partial charge in [0.15, 0.2) is 0 Å². The van der Waals surface area contributed by atoms with Crippen molar-refractivity contribution in [3.05, 3.63) is 0 Å². The van der Waals surface area contributed by atoms with E-state index < -0.39 is 30.0 Å². The van der Waals surface area contributed by atoms with Crippen LogP contribution < -0.4 is 10.6 Å². The zero-order valence-corrected chi connectivity index (χ0v) is 11.6. The van der Waals surface area contributed by atoms with Gasteiger partial charge < -0.3 is 15.7 Å². The number of hydrogen-bond acceptors (Lipinski definition) is 3. The van der Waals surface area contributed by atoms with E-state index in [1.54, 1.807) is 0 Å². The van der Waals surface area contributed by atoms with Crippen LogP contribution in [0.15, 0.2) is 0 Å². The summed E-state index contributed by atoms with van der Waals surface area (Å²) in [4.78, 5) is 33.6. The van der Waals surface area contributed by atoms with Crippen LogP contribution >= 0.6 is 0 Å². The number of rotatable bonds is 6. The third kappa shape index (κ3) is 4.08. The highest BCUT2D eigenvalue weighted by atomic mass is 19.4. The number of amides is 2. The van der Waals surface area contributed by atoms with E-state index in [0.717, 1.165) is 6.42 Å². The molecule has 1 rings (SSSR count). The predicted octanol–water partition coefficient (Wildman–Crippen LogP) is 0.671. The zero-order valence-electron chi connectivity index (χ0n) is 11.6. The van der Waals surface area contributed by atoms with E-state index in [1.165, 1.54) is 5.32 Å². The minimum absolute atomic E-state index is 0.104. The number of halogens is 3. The van der Waals surface area contributed by atoms with Gasteiger partial charge in [-0.1, -0.05) is 6.92 Å². The number of carbonyl (C=O) groups is 3. The number of alkyl halides is 3. The highest BCUT2D eigenvalue weighted by Gasteiger charge is 2.58. The molecule has 0 spiro atoms. The van der Waals surface area contributed by atoms with Crippen LogP contribution in [0.3, 0.4) is 0 Å². The lowest BCUT2D eigenvalue weighted by Gasteiger charge is -2.28. The van der Waals surface area contributed by atoms with Gasteiger partial charge in [0.05, 0.1) is 0 Å². The Bertz CT molecular complexity index is 452. The summed E-state index contributed by atoms with van der Waals surface area (Å²) in [6.45, 7) is 2.12. The first kappa shape index (κ1) is 17.3. The summed E-state index contributed by atoms with van der Waals surface area (Å²) in [6.07, 6.45) is -4.80. The van der Waals surface area contributed by atoms with Crippen molar-refractivity contribution in [2.24, 2.45) is 11.8 Å². The molecule has 0 aliphatic heterocycles. The lowest BCUT2D eigenvalue weighted by molar-refractivity contribution is -0.207. The minimum Gasteiger partial charge on any atom is -0.479 e. The Kier molecular flexibility index (Phi) is 4.85. The van der Waals surface area contributed by atoms with E-state index in [9.17, 15) is 27.6 Å². The largest absolute Gasteiger partial charge is 0.479 e. The molecular weight excluding hydrogens is 293 g/mol. The van der Waals surface area contributed by atoms with Crippen molar-refractivity contribution >= 4 is 17.8 Å². The molecule has 0 bridgehead atoms. The summed E-state index contributed by atoms with van der Waals surface area (Å²) in [5, 5.41) is 12.5. The highest BCUT2D eigenvalue weighted by molar-refractivity contribution is 5.88. The van der Waals surface area contributed by atoms with Crippen molar-refractivity contribution in [2.75, 3.05) is 6.54 Å². The quantitative estimate of drug-likeness (QED) is 0.672. The second-order valence-electron chi connectivity index (χ2n) is 5.34. The maximum Gasteiger partial charge on any atom is 0.422 e. The number of carboxylic acid groups (broad SMARTS) is 1. The molecule has 0 saturated heterocycles. The van der Waals surface area contributed by atoms with Crippen LogP contribution in [0.25, 0.3) is 0 Å². The molecular formula is C12H17F3N2O4. The second kappa shape index (κ2) is 5.90. The fourth-order valence-corrected chi connectivity index (χ4v) is 1.70. The van der Waals surface area contributed by atoms with E-state index in [2.05, 4.69) is 5.32 Å². The van der Waals surface area contributed by atoms with E-state index in [0.29, 0.717) is 6.92 Å². The van der Waals surface area contributed by atoms with Crippen LogP contribution in [0, 0.1) is 11.8 Å². The fraction of sp³-hybridized carbons (Fsp3) is 0.750. The average Bonchev–Trinajstić information content (AvgIpc) is 3.04. The zero-order chi connectivity index (χ0) is 16.4. The Balaban J connectivity index is 2.45. The van der Waals surface area contributed by atoms with E-state index in [1.807, 2.05) is 6.92 Å². The monoisotopic (exact) mass is 310 g/mol. The molecule has 3 N–H and O–H groups in total. The van der Waals surface area contributed by atoms with Gasteiger partial charge in [-0.2, -0.15) is 13.2 Å². The molecule has 2 amide bonds. The molecule has 3 atom stereocenters. The fourth-order valence-electron chi connectivity index (χ4n) is 1.70. The molecule has 1 aliphatic carbocycles. The Labute approximate surface area is 119 Å². The van der Waals surface area contributed by atoms with Crippen LogP contribution in [0.2, 0.25) is 0 Å². The van der Waals surface area contributed by atoms with Gasteiger partial charge in [0.2, 0.25) is 17.4 Å². The lowest BCUT2D eigenvalue weighted by atomic mass is 10.0. The van der Waals surface area contributed by atoms with Crippen molar-refractivity contribution in [1.29, 1.82) is 0 Å². The van der Waals surface area contributed by atoms with Crippen LogP contribution in [0.5, 0.6) is 0 Å². The Morgan fingerprint density at radius 2 is 1.81 bits per heavy atom. The van der Waals surface area contributed by atoms with E-state index in [4.69, 9.17) is 5.11 Å². The molecule has 1 saturated carbocycles. The molecule has 0 aromatic carbocycles. The topological polar surface area (TPSA) is 95.5 Å². The predicted molar refractivity (Wildman–Crippen MR) is 65.1 cm³/mol. The maximum absolute atomic E-state index is 12.7. The Morgan fingerprint density at radius 3 is 2.19 bits per heavy atom. The molecule has 0 radical (unpaired) electrons. The molecule has 0 heterocycles. The summed E-state index contributed by atoms with van der Waals surface area (Å²) < 4.78 is 38.0. The number of nitrogens with one attached hydrogen (secondary N) is 2. The van der Waals surface area contributed by atoms with Gasteiger partial charge in [-0.3, -0.25) is 9.59 Å². The van der Waals surface area contributed by atoms with Gasteiger partial charge in [0, 0.05) is 18.9 Å². The van der Waals surface area contributed by atoms with Gasteiger partial charge >= 0.3 is 12.1 Å². The van der Waals surface area contributed by atoms with Gasteiger partial charge in [0.25, 0.3) is 0 Å². The first-order chi connectivity index (χ1) is 9.49. The molecule has 120 valence electrons. The van der Waals surface area contributed by atoms with Crippen molar-refractivity contribution in [1.82, 2.24) is 10.6 Å². The molecule has 1 fully saturated rings. The average molecular weight is 310 g/mol. The van der Waals surface area contributed by atoms with Crippen molar-refractivity contribution in [2.45, 2.75) is 38.4 Å². The Morgan fingerprint density at radius 1 is 1.29 bits per heavy atom. The standard InChI is InChI=1S/C12H17F3N2O4/c1-6-5-7(6)9(19)16-4-3-8(18)17-11(2,10(20)21)12(13,14)15/h6-7H,3-5H2,1-2H3,(H,16,19)(H,17,18)(H,20,21). The lowest BCUT2D eigenvalue weighted by Crippen LogP contribution is -2.62. The summed E-state index contributed by atoms with van der Waals surface area (Å²) >= 11 is 0. The van der Waals surface area contributed by atoms with Crippen molar-refractivity contribution in [3.63, 3.8) is 0 Å². The van der Waals surface area contributed by atoms with Crippen LogP contribution in [0.4, 0.5) is 13.2 Å². The molecule has 3 unspecified atom stereocenters. The van der Waals surface area contributed by atoms with Gasteiger partial charge in [-0.05, 0) is 19.3 Å². The maximum atomic E-state index is 12.7. The van der Waals surface area contributed by atoms with Crippen LogP contribution in [-0.4, -0.2) is 41.2 Å². The smallest absolute Gasteiger partial charge is 0.422 e. The van der Waals surface area contributed by atoms with Gasteiger partial charge in [0.1, 0.15) is 0 Å². The highest BCUT2D eigenvalue weighted by Crippen LogP contribution is 2.37. The third-order valence-corrected chi connectivity index (χ3v) is 3.48. The SMILES string of the molecule is CC1CC1C(=O)NCCC(=O)NC(C)(C(=O)O)C(F)(F)F. The van der Waals surface area contributed by atoms with Gasteiger partial charge in [-0.25, -0.2) is 4.79 Å². The molecule has 0 aromatic rings. The summed E-state index contributed by atoms with van der Waals surface area (Å²) in [5.74, 6) is -3.36. The number of aliphatic carboxylic acids is 1. The van der Waals surface area contributed by atoms with Crippen molar-refractivity contribution in [3.8, 4) is 0 Å². The van der Waals surface area contributed by atoms with E-state index in [-0.39, 0.29) is 24.3 Å². The van der Waals surface area contributed by atoms with Crippen LogP contribution in [-0.2, 0) is 14.4 Å². The van der Waals surface area contributed by atoms with Crippen LogP contribution in [0.1, 0.15) is 26.7 Å². The molecule has 21 heavy (non-hydrogen) atoms. The molecule has 9 heteroatoms. The molecule has 0 aromatic heterocycles. The minimum atomic E-state index is -5.12. The normalized spacial score (nSPS) is 23.9. The van der Waals surface area contributed by atoms with E-state index >= 15 is 0 Å². The first-order valence-electron chi connectivity index (χ1n) is 6.38. The summed E-state index contributed by atoms with van der Waals surface area (Å²) in [7, 11) is 0. The third-order valence-electron chi connectivity index (χ3n) is 3.48. The first-order valence-corrected chi connectivity index (χ1v) is 6.38. The molecule has 6 nitrogen and oxygen atoms in total.